The Hall–Kier alpha value is -3.30. The lowest BCUT2D eigenvalue weighted by Crippen LogP contribution is -2.55. The van der Waals surface area contributed by atoms with Gasteiger partial charge in [-0.2, -0.15) is 0 Å². The number of carbonyl (C=O) groups is 4. The Bertz CT molecular complexity index is 894. The Kier molecular flexibility index (Phi) is 11.7. The standard InChI is InChI=1S/C26H41N3O7/c1-16(2)9-10-17(3)29(24(33)18(4)28-25(34)36-26(5,6)7)22(19-11-13-20(30)14-12-19)23(32)27-15-21(31)35-8/h11-14,16-18,22,30H,9-10,15H2,1-8H3,(H,27,32)(H,28,34). The number of aromatic hydroxyl groups is 1. The molecule has 0 aliphatic rings. The predicted octanol–water partition coefficient (Wildman–Crippen LogP) is 3.29. The number of nitrogens with one attached hydrogen (secondary N) is 2. The van der Waals surface area contributed by atoms with Crippen molar-refractivity contribution in [2.75, 3.05) is 13.7 Å². The molecule has 0 bridgehead atoms. The zero-order chi connectivity index (χ0) is 27.6. The van der Waals surface area contributed by atoms with E-state index in [1.165, 1.54) is 31.1 Å². The van der Waals surface area contributed by atoms with E-state index in [0.717, 1.165) is 6.42 Å². The normalized spacial score (nSPS) is 13.8. The maximum absolute atomic E-state index is 13.7. The van der Waals surface area contributed by atoms with Gasteiger partial charge in [0, 0.05) is 6.04 Å². The first-order valence-corrected chi connectivity index (χ1v) is 12.1. The smallest absolute Gasteiger partial charge is 0.408 e. The second kappa shape index (κ2) is 13.7. The van der Waals surface area contributed by atoms with Crippen LogP contribution in [-0.4, -0.2) is 65.2 Å². The van der Waals surface area contributed by atoms with Gasteiger partial charge in [0.25, 0.3) is 0 Å². The van der Waals surface area contributed by atoms with Crippen LogP contribution in [-0.2, 0) is 23.9 Å². The third-order valence-corrected chi connectivity index (χ3v) is 5.36. The van der Waals surface area contributed by atoms with Crippen molar-refractivity contribution >= 4 is 23.9 Å². The third kappa shape index (κ3) is 10.1. The second-order valence-corrected chi connectivity index (χ2v) is 10.2. The number of hydrogen-bond donors (Lipinski definition) is 3. The number of alkyl carbamates (subject to hydrolysis) is 1. The van der Waals surface area contributed by atoms with Crippen LogP contribution in [0, 0.1) is 5.92 Å². The van der Waals surface area contributed by atoms with Gasteiger partial charge in [-0.3, -0.25) is 14.4 Å². The summed E-state index contributed by atoms with van der Waals surface area (Å²) >= 11 is 0. The molecule has 0 saturated heterocycles. The van der Waals surface area contributed by atoms with Crippen molar-refractivity contribution in [2.45, 2.75) is 85.0 Å². The molecule has 3 N–H and O–H groups in total. The van der Waals surface area contributed by atoms with Gasteiger partial charge in [0.05, 0.1) is 7.11 Å². The molecular weight excluding hydrogens is 466 g/mol. The SMILES string of the molecule is COC(=O)CNC(=O)C(c1ccc(O)cc1)N(C(=O)C(C)NC(=O)OC(C)(C)C)C(C)CCC(C)C. The molecule has 202 valence electrons. The first kappa shape index (κ1) is 30.7. The van der Waals surface area contributed by atoms with E-state index in [-0.39, 0.29) is 12.3 Å². The summed E-state index contributed by atoms with van der Waals surface area (Å²) in [6.07, 6.45) is 0.640. The number of methoxy groups -OCH3 is 1. The Morgan fingerprint density at radius 2 is 1.58 bits per heavy atom. The summed E-state index contributed by atoms with van der Waals surface area (Å²) in [5.74, 6) is -1.37. The molecule has 36 heavy (non-hydrogen) atoms. The number of benzene rings is 1. The Morgan fingerprint density at radius 3 is 2.08 bits per heavy atom. The van der Waals surface area contributed by atoms with Crippen LogP contribution in [0.4, 0.5) is 4.79 Å². The van der Waals surface area contributed by atoms with Crippen LogP contribution in [0.1, 0.15) is 72.9 Å². The third-order valence-electron chi connectivity index (χ3n) is 5.36. The molecule has 3 amide bonds. The van der Waals surface area contributed by atoms with Crippen molar-refractivity contribution in [2.24, 2.45) is 5.92 Å². The van der Waals surface area contributed by atoms with Crippen LogP contribution >= 0.6 is 0 Å². The van der Waals surface area contributed by atoms with Crippen LogP contribution in [0.25, 0.3) is 0 Å². The van der Waals surface area contributed by atoms with Crippen LogP contribution in [0.3, 0.4) is 0 Å². The first-order chi connectivity index (χ1) is 16.7. The predicted molar refractivity (Wildman–Crippen MR) is 135 cm³/mol. The van der Waals surface area contributed by atoms with Crippen molar-refractivity contribution in [1.29, 1.82) is 0 Å². The molecule has 0 aliphatic carbocycles. The van der Waals surface area contributed by atoms with Gasteiger partial charge in [-0.15, -0.1) is 0 Å². The number of nitrogens with zero attached hydrogens (tertiary/aromatic N) is 1. The summed E-state index contributed by atoms with van der Waals surface area (Å²) in [4.78, 5) is 52.6. The van der Waals surface area contributed by atoms with Gasteiger partial charge >= 0.3 is 12.1 Å². The lowest BCUT2D eigenvalue weighted by molar-refractivity contribution is -0.146. The molecular formula is C26H41N3O7. The van der Waals surface area contributed by atoms with Crippen molar-refractivity contribution in [3.63, 3.8) is 0 Å². The lowest BCUT2D eigenvalue weighted by Gasteiger charge is -2.38. The maximum atomic E-state index is 13.7. The van der Waals surface area contributed by atoms with E-state index in [9.17, 15) is 24.3 Å². The fraction of sp³-hybridized carbons (Fsp3) is 0.615. The highest BCUT2D eigenvalue weighted by atomic mass is 16.6. The fourth-order valence-electron chi connectivity index (χ4n) is 3.51. The van der Waals surface area contributed by atoms with E-state index in [1.807, 2.05) is 6.92 Å². The molecule has 0 fully saturated rings. The van der Waals surface area contributed by atoms with Gasteiger partial charge in [0.2, 0.25) is 11.8 Å². The number of rotatable bonds is 11. The molecule has 1 rings (SSSR count). The minimum absolute atomic E-state index is 0.00170. The van der Waals surface area contributed by atoms with Crippen molar-refractivity contribution in [3.8, 4) is 5.75 Å². The summed E-state index contributed by atoms with van der Waals surface area (Å²) in [6.45, 7) is 12.2. The summed E-state index contributed by atoms with van der Waals surface area (Å²) in [6, 6.07) is 3.38. The Morgan fingerprint density at radius 1 is 1.00 bits per heavy atom. The second-order valence-electron chi connectivity index (χ2n) is 10.2. The minimum Gasteiger partial charge on any atom is -0.508 e. The van der Waals surface area contributed by atoms with Gasteiger partial charge < -0.3 is 30.1 Å². The van der Waals surface area contributed by atoms with E-state index in [2.05, 4.69) is 29.2 Å². The number of esters is 1. The fourth-order valence-corrected chi connectivity index (χ4v) is 3.51. The van der Waals surface area contributed by atoms with E-state index >= 15 is 0 Å². The van der Waals surface area contributed by atoms with E-state index in [4.69, 9.17) is 4.74 Å². The number of phenols is 1. The molecule has 0 heterocycles. The highest BCUT2D eigenvalue weighted by Gasteiger charge is 2.37. The van der Waals surface area contributed by atoms with E-state index < -0.39 is 47.6 Å². The summed E-state index contributed by atoms with van der Waals surface area (Å²) in [5, 5.41) is 14.8. The molecule has 10 nitrogen and oxygen atoms in total. The van der Waals surface area contributed by atoms with Gasteiger partial charge in [-0.1, -0.05) is 26.0 Å². The average molecular weight is 508 g/mol. The lowest BCUT2D eigenvalue weighted by atomic mass is 9.97. The molecule has 10 heteroatoms. The van der Waals surface area contributed by atoms with Crippen LogP contribution < -0.4 is 10.6 Å². The average Bonchev–Trinajstić information content (AvgIpc) is 2.78. The first-order valence-electron chi connectivity index (χ1n) is 12.1. The molecule has 1 aromatic carbocycles. The highest BCUT2D eigenvalue weighted by molar-refractivity contribution is 5.93. The van der Waals surface area contributed by atoms with E-state index in [0.29, 0.717) is 17.9 Å². The van der Waals surface area contributed by atoms with Gasteiger partial charge in [0.15, 0.2) is 0 Å². The number of phenolic OH excluding ortho intramolecular Hbond substituents is 1. The minimum atomic E-state index is -1.13. The number of carbonyl (C=O) groups excluding carboxylic acids is 4. The van der Waals surface area contributed by atoms with Crippen molar-refractivity contribution in [3.05, 3.63) is 29.8 Å². The molecule has 3 atom stereocenters. The molecule has 0 saturated carbocycles. The van der Waals surface area contributed by atoms with Crippen LogP contribution in [0.15, 0.2) is 24.3 Å². The number of ether oxygens (including phenoxy) is 2. The number of amides is 3. The zero-order valence-corrected chi connectivity index (χ0v) is 22.6. The Labute approximate surface area is 213 Å². The van der Waals surface area contributed by atoms with Crippen LogP contribution in [0.2, 0.25) is 0 Å². The quantitative estimate of drug-likeness (QED) is 0.391. The Balaban J connectivity index is 3.41. The topological polar surface area (TPSA) is 134 Å². The van der Waals surface area contributed by atoms with Gasteiger partial charge in [0.1, 0.15) is 30.0 Å². The summed E-state index contributed by atoms with van der Waals surface area (Å²) < 4.78 is 9.90. The van der Waals surface area contributed by atoms with E-state index in [1.54, 1.807) is 32.9 Å². The largest absolute Gasteiger partial charge is 0.508 e. The maximum Gasteiger partial charge on any atom is 0.408 e. The molecule has 0 aliphatic heterocycles. The highest BCUT2D eigenvalue weighted by Crippen LogP contribution is 2.28. The van der Waals surface area contributed by atoms with Crippen molar-refractivity contribution in [1.82, 2.24) is 15.5 Å². The molecule has 0 radical (unpaired) electrons. The summed E-state index contributed by atoms with van der Waals surface area (Å²) in [5.41, 5.74) is -0.316. The summed E-state index contributed by atoms with van der Waals surface area (Å²) in [7, 11) is 1.21. The molecule has 1 aromatic rings. The zero-order valence-electron chi connectivity index (χ0n) is 22.6. The molecule has 3 unspecified atom stereocenters. The monoisotopic (exact) mass is 507 g/mol. The number of hydrogen-bond acceptors (Lipinski definition) is 7. The van der Waals surface area contributed by atoms with Gasteiger partial charge in [-0.25, -0.2) is 4.79 Å². The molecule has 0 spiro atoms. The van der Waals surface area contributed by atoms with Gasteiger partial charge in [-0.05, 0) is 71.1 Å². The molecule has 0 aromatic heterocycles. The van der Waals surface area contributed by atoms with Crippen molar-refractivity contribution < 1.29 is 33.8 Å². The van der Waals surface area contributed by atoms with Crippen LogP contribution in [0.5, 0.6) is 5.75 Å².